The van der Waals surface area contributed by atoms with Crippen molar-refractivity contribution in [1.29, 1.82) is 0 Å². The van der Waals surface area contributed by atoms with Gasteiger partial charge in [-0.15, -0.1) is 0 Å². The van der Waals surface area contributed by atoms with Crippen molar-refractivity contribution in [2.24, 2.45) is 17.8 Å². The highest BCUT2D eigenvalue weighted by molar-refractivity contribution is 6.13. The van der Waals surface area contributed by atoms with Crippen LogP contribution in [0.2, 0.25) is 0 Å². The van der Waals surface area contributed by atoms with Crippen molar-refractivity contribution in [1.82, 2.24) is 0 Å². The van der Waals surface area contributed by atoms with E-state index in [1.54, 1.807) is 26.2 Å². The number of hydrogen-bond donors (Lipinski definition) is 1. The van der Waals surface area contributed by atoms with Crippen molar-refractivity contribution in [3.05, 3.63) is 76.3 Å². The van der Waals surface area contributed by atoms with Crippen LogP contribution in [-0.4, -0.2) is 24.0 Å². The Morgan fingerprint density at radius 3 is 2.21 bits per heavy atom. The molecule has 0 heterocycles. The zero-order valence-corrected chi connectivity index (χ0v) is 19.8. The van der Waals surface area contributed by atoms with Crippen LogP contribution in [0.5, 0.6) is 5.75 Å². The molecule has 4 aliphatic carbocycles. The molecule has 0 atom stereocenters. The first kappa shape index (κ1) is 21.4. The third kappa shape index (κ3) is 3.26. The van der Waals surface area contributed by atoms with Crippen LogP contribution in [0.15, 0.2) is 48.5 Å². The fourth-order valence-corrected chi connectivity index (χ4v) is 7.75. The van der Waals surface area contributed by atoms with E-state index >= 15 is 0 Å². The third-order valence-electron chi connectivity index (χ3n) is 8.79. The average Bonchev–Trinajstić information content (AvgIpc) is 2.81. The number of ether oxygens (including phenoxy) is 1. The highest BCUT2D eigenvalue weighted by Gasteiger charge is 2.52. The Morgan fingerprint density at radius 1 is 0.912 bits per heavy atom. The van der Waals surface area contributed by atoms with Gasteiger partial charge in [0.15, 0.2) is 5.78 Å². The van der Waals surface area contributed by atoms with Gasteiger partial charge in [0.25, 0.3) is 0 Å². The smallest absolute Gasteiger partial charge is 0.336 e. The number of aromatic carboxylic acids is 1. The number of ketones is 1. The lowest BCUT2D eigenvalue weighted by Gasteiger charge is -2.57. The van der Waals surface area contributed by atoms with E-state index in [4.69, 9.17) is 4.74 Å². The number of benzene rings is 3. The number of carboxylic acid groups (broad SMARTS) is 1. The molecule has 3 aromatic rings. The molecule has 3 aromatic carbocycles. The number of fused-ring (bicyclic) bond motifs is 1. The molecule has 0 radical (unpaired) electrons. The van der Waals surface area contributed by atoms with Gasteiger partial charge in [-0.2, -0.15) is 0 Å². The molecule has 4 saturated carbocycles. The first-order valence-corrected chi connectivity index (χ1v) is 12.4. The van der Waals surface area contributed by atoms with Gasteiger partial charge >= 0.3 is 5.97 Å². The van der Waals surface area contributed by atoms with E-state index in [0.29, 0.717) is 16.5 Å². The van der Waals surface area contributed by atoms with Crippen LogP contribution in [0, 0.1) is 24.7 Å². The molecule has 34 heavy (non-hydrogen) atoms. The van der Waals surface area contributed by atoms with Gasteiger partial charge in [0.2, 0.25) is 0 Å². The summed E-state index contributed by atoms with van der Waals surface area (Å²) in [7, 11) is 1.69. The van der Waals surface area contributed by atoms with Crippen molar-refractivity contribution in [3.8, 4) is 5.75 Å². The molecule has 0 aliphatic heterocycles. The van der Waals surface area contributed by atoms with Crippen molar-refractivity contribution in [2.45, 2.75) is 50.9 Å². The van der Waals surface area contributed by atoms with Crippen LogP contribution in [0.1, 0.15) is 75.9 Å². The zero-order chi connectivity index (χ0) is 23.6. The summed E-state index contributed by atoms with van der Waals surface area (Å²) < 4.78 is 5.60. The SMILES string of the molecule is COc1ccc(C(=O)c2ccc3c(C(=O)O)c(C)ccc3c2)c(C23CC4CC(CC(C4)C2)C3)c1. The van der Waals surface area contributed by atoms with Crippen LogP contribution in [0.4, 0.5) is 0 Å². The number of carboxylic acids is 1. The molecule has 0 saturated heterocycles. The van der Waals surface area contributed by atoms with Gasteiger partial charge in [0.1, 0.15) is 5.75 Å². The van der Waals surface area contributed by atoms with Crippen LogP contribution < -0.4 is 4.74 Å². The standard InChI is InChI=1S/C30H30O4/c1-17-3-4-21-12-22(5-7-24(21)27(17)29(32)33)28(31)25-8-6-23(34-2)13-26(25)30-14-18-9-19(15-30)11-20(10-18)16-30/h3-8,12-13,18-20H,9-11,14-16H2,1-2H3,(H,32,33). The maximum atomic E-state index is 13.9. The summed E-state index contributed by atoms with van der Waals surface area (Å²) in [6.07, 6.45) is 7.57. The van der Waals surface area contributed by atoms with E-state index in [0.717, 1.165) is 45.6 Å². The second kappa shape index (κ2) is 7.69. The van der Waals surface area contributed by atoms with Gasteiger partial charge in [-0.3, -0.25) is 4.79 Å². The number of carbonyl (C=O) groups is 2. The molecule has 4 nitrogen and oxygen atoms in total. The molecule has 0 aromatic heterocycles. The summed E-state index contributed by atoms with van der Waals surface area (Å²) in [4.78, 5) is 25.7. The maximum absolute atomic E-state index is 13.9. The second-order valence-electron chi connectivity index (χ2n) is 10.9. The van der Waals surface area contributed by atoms with Crippen LogP contribution in [-0.2, 0) is 5.41 Å². The summed E-state index contributed by atoms with van der Waals surface area (Å²) in [5.74, 6) is 2.20. The van der Waals surface area contributed by atoms with E-state index in [-0.39, 0.29) is 11.2 Å². The molecular formula is C30H30O4. The minimum Gasteiger partial charge on any atom is -0.497 e. The van der Waals surface area contributed by atoms with Crippen LogP contribution in [0.25, 0.3) is 10.8 Å². The van der Waals surface area contributed by atoms with E-state index < -0.39 is 5.97 Å². The lowest BCUT2D eigenvalue weighted by Crippen LogP contribution is -2.49. The number of methoxy groups -OCH3 is 1. The predicted molar refractivity (Wildman–Crippen MR) is 132 cm³/mol. The maximum Gasteiger partial charge on any atom is 0.336 e. The average molecular weight is 455 g/mol. The fourth-order valence-electron chi connectivity index (χ4n) is 7.75. The minimum absolute atomic E-state index is 0.00717. The Bertz CT molecular complexity index is 1300. The number of carbonyl (C=O) groups excluding carboxylic acids is 1. The lowest BCUT2D eigenvalue weighted by molar-refractivity contribution is -0.00557. The van der Waals surface area contributed by atoms with Crippen LogP contribution >= 0.6 is 0 Å². The van der Waals surface area contributed by atoms with Gasteiger partial charge in [0, 0.05) is 11.1 Å². The van der Waals surface area contributed by atoms with Crippen molar-refractivity contribution >= 4 is 22.5 Å². The number of rotatable bonds is 5. The Hall–Kier alpha value is -3.14. The zero-order valence-electron chi connectivity index (χ0n) is 19.8. The third-order valence-corrected chi connectivity index (χ3v) is 8.79. The first-order chi connectivity index (χ1) is 16.4. The van der Waals surface area contributed by atoms with E-state index in [1.165, 1.54) is 38.5 Å². The highest BCUT2D eigenvalue weighted by Crippen LogP contribution is 2.61. The monoisotopic (exact) mass is 454 g/mol. The van der Waals surface area contributed by atoms with Crippen LogP contribution in [0.3, 0.4) is 0 Å². The van der Waals surface area contributed by atoms with Crippen molar-refractivity contribution < 1.29 is 19.4 Å². The van der Waals surface area contributed by atoms with Gasteiger partial charge in [0.05, 0.1) is 12.7 Å². The molecule has 174 valence electrons. The first-order valence-electron chi connectivity index (χ1n) is 12.4. The second-order valence-corrected chi connectivity index (χ2v) is 10.9. The summed E-state index contributed by atoms with van der Waals surface area (Å²) in [5.41, 5.74) is 3.62. The summed E-state index contributed by atoms with van der Waals surface area (Å²) in [5, 5.41) is 11.1. The molecule has 0 spiro atoms. The molecule has 4 aliphatic rings. The van der Waals surface area contributed by atoms with E-state index in [9.17, 15) is 14.7 Å². The van der Waals surface area contributed by atoms with Crippen molar-refractivity contribution in [2.75, 3.05) is 7.11 Å². The highest BCUT2D eigenvalue weighted by atomic mass is 16.5. The molecular weight excluding hydrogens is 424 g/mol. The fraction of sp³-hybridized carbons (Fsp3) is 0.400. The van der Waals surface area contributed by atoms with E-state index in [2.05, 4.69) is 6.07 Å². The van der Waals surface area contributed by atoms with Gasteiger partial charge in [-0.1, -0.05) is 24.3 Å². The summed E-state index contributed by atoms with van der Waals surface area (Å²) >= 11 is 0. The summed E-state index contributed by atoms with van der Waals surface area (Å²) in [6.45, 7) is 1.80. The van der Waals surface area contributed by atoms with Gasteiger partial charge in [-0.05, 0) is 115 Å². The molecule has 7 rings (SSSR count). The Labute approximate surface area is 199 Å². The molecule has 0 unspecified atom stereocenters. The molecule has 0 amide bonds. The predicted octanol–water partition coefficient (Wildman–Crippen LogP) is 6.55. The quantitative estimate of drug-likeness (QED) is 0.444. The molecule has 1 N–H and O–H groups in total. The molecule has 4 heteroatoms. The molecule has 4 fully saturated rings. The molecule has 4 bridgehead atoms. The Morgan fingerprint density at radius 2 is 1.59 bits per heavy atom. The minimum atomic E-state index is -0.943. The normalized spacial score (nSPS) is 27.2. The summed E-state index contributed by atoms with van der Waals surface area (Å²) in [6, 6.07) is 15.1. The Kier molecular flexibility index (Phi) is 4.84. The number of aryl methyl sites for hydroxylation is 1. The number of hydrogen-bond acceptors (Lipinski definition) is 3. The topological polar surface area (TPSA) is 63.6 Å². The largest absolute Gasteiger partial charge is 0.497 e. The lowest BCUT2D eigenvalue weighted by atomic mass is 9.47. The van der Waals surface area contributed by atoms with E-state index in [1.807, 2.05) is 30.3 Å². The Balaban J connectivity index is 1.46. The van der Waals surface area contributed by atoms with Gasteiger partial charge < -0.3 is 9.84 Å². The van der Waals surface area contributed by atoms with Crippen molar-refractivity contribution in [3.63, 3.8) is 0 Å². The van der Waals surface area contributed by atoms with Gasteiger partial charge in [-0.25, -0.2) is 4.79 Å².